The molecule has 0 fully saturated rings. The monoisotopic (exact) mass is 303 g/mol. The van der Waals surface area contributed by atoms with Crippen LogP contribution in [0.15, 0.2) is 18.2 Å². The standard InChI is InChI=1S/C15H11Cl2N3/c16-10-4-2-5-11(17)14(10)13-8-3-1-6-12(8)20-15(19)9(13)7-18/h2,4-5H,1,3,6H2,(H2,19,20). The van der Waals surface area contributed by atoms with Gasteiger partial charge in [-0.15, -0.1) is 0 Å². The molecule has 0 radical (unpaired) electrons. The zero-order valence-corrected chi connectivity index (χ0v) is 12.1. The molecule has 0 unspecified atom stereocenters. The quantitative estimate of drug-likeness (QED) is 0.866. The van der Waals surface area contributed by atoms with E-state index >= 15 is 0 Å². The number of benzene rings is 1. The third-order valence-corrected chi connectivity index (χ3v) is 4.21. The Kier molecular flexibility index (Phi) is 3.29. The summed E-state index contributed by atoms with van der Waals surface area (Å²) in [5, 5.41) is 10.5. The van der Waals surface area contributed by atoms with Crippen molar-refractivity contribution in [2.75, 3.05) is 5.73 Å². The van der Waals surface area contributed by atoms with Gasteiger partial charge in [-0.3, -0.25) is 0 Å². The molecule has 20 heavy (non-hydrogen) atoms. The molecule has 0 atom stereocenters. The van der Waals surface area contributed by atoms with Crippen LogP contribution < -0.4 is 5.73 Å². The van der Waals surface area contributed by atoms with Gasteiger partial charge in [-0.25, -0.2) is 4.98 Å². The van der Waals surface area contributed by atoms with Crippen molar-refractivity contribution in [3.05, 3.63) is 45.1 Å². The van der Waals surface area contributed by atoms with Crippen LogP contribution in [-0.2, 0) is 12.8 Å². The molecule has 100 valence electrons. The summed E-state index contributed by atoms with van der Waals surface area (Å²) in [5.41, 5.74) is 9.72. The van der Waals surface area contributed by atoms with Crippen LogP contribution in [0, 0.1) is 11.3 Å². The van der Waals surface area contributed by atoms with Crippen LogP contribution >= 0.6 is 23.2 Å². The molecule has 3 nitrogen and oxygen atoms in total. The summed E-state index contributed by atoms with van der Waals surface area (Å²) in [6.45, 7) is 0. The van der Waals surface area contributed by atoms with Crippen molar-refractivity contribution >= 4 is 29.0 Å². The number of fused-ring (bicyclic) bond motifs is 1. The smallest absolute Gasteiger partial charge is 0.142 e. The second kappa shape index (κ2) is 4.97. The SMILES string of the molecule is N#Cc1c(N)nc2c(c1-c1c(Cl)cccc1Cl)CCC2. The van der Waals surface area contributed by atoms with Gasteiger partial charge in [-0.1, -0.05) is 29.3 Å². The molecule has 0 saturated heterocycles. The highest BCUT2D eigenvalue weighted by Crippen LogP contribution is 2.42. The van der Waals surface area contributed by atoms with Crippen LogP contribution in [-0.4, -0.2) is 4.98 Å². The van der Waals surface area contributed by atoms with Crippen LogP contribution in [0.3, 0.4) is 0 Å². The molecule has 0 saturated carbocycles. The fourth-order valence-electron chi connectivity index (χ4n) is 2.73. The van der Waals surface area contributed by atoms with Crippen LogP contribution in [0.2, 0.25) is 10.0 Å². The van der Waals surface area contributed by atoms with Crippen LogP contribution in [0.5, 0.6) is 0 Å². The maximum absolute atomic E-state index is 9.42. The van der Waals surface area contributed by atoms with Crippen molar-refractivity contribution in [2.24, 2.45) is 0 Å². The molecule has 0 aliphatic heterocycles. The maximum atomic E-state index is 9.42. The van der Waals surface area contributed by atoms with Crippen molar-refractivity contribution in [1.29, 1.82) is 5.26 Å². The Morgan fingerprint density at radius 1 is 1.15 bits per heavy atom. The number of nitriles is 1. The van der Waals surface area contributed by atoms with E-state index in [1.807, 2.05) is 0 Å². The molecule has 1 aliphatic rings. The van der Waals surface area contributed by atoms with Gasteiger partial charge in [0.1, 0.15) is 17.5 Å². The van der Waals surface area contributed by atoms with Gasteiger partial charge in [0, 0.05) is 26.9 Å². The number of anilines is 1. The zero-order chi connectivity index (χ0) is 14.3. The summed E-state index contributed by atoms with van der Waals surface area (Å²) in [6.07, 6.45) is 2.75. The van der Waals surface area contributed by atoms with Crippen molar-refractivity contribution in [3.63, 3.8) is 0 Å². The molecule has 1 heterocycles. The number of aromatic nitrogens is 1. The number of hydrogen-bond acceptors (Lipinski definition) is 3. The first-order chi connectivity index (χ1) is 9.63. The first kappa shape index (κ1) is 13.2. The first-order valence-electron chi connectivity index (χ1n) is 6.29. The highest BCUT2D eigenvalue weighted by atomic mass is 35.5. The van der Waals surface area contributed by atoms with Crippen molar-refractivity contribution in [1.82, 2.24) is 4.98 Å². The predicted molar refractivity (Wildman–Crippen MR) is 80.8 cm³/mol. The second-order valence-electron chi connectivity index (χ2n) is 4.73. The van der Waals surface area contributed by atoms with Crippen molar-refractivity contribution < 1.29 is 0 Å². The maximum Gasteiger partial charge on any atom is 0.142 e. The predicted octanol–water partition coefficient (Wildman–Crippen LogP) is 4.00. The lowest BCUT2D eigenvalue weighted by molar-refractivity contribution is 0.900. The molecule has 3 rings (SSSR count). The van der Waals surface area contributed by atoms with E-state index in [1.165, 1.54) is 0 Å². The Morgan fingerprint density at radius 2 is 1.85 bits per heavy atom. The normalized spacial score (nSPS) is 13.1. The number of pyridine rings is 1. The molecule has 1 aromatic heterocycles. The van der Waals surface area contributed by atoms with Crippen LogP contribution in [0.1, 0.15) is 23.2 Å². The van der Waals surface area contributed by atoms with Gasteiger partial charge < -0.3 is 5.73 Å². The molecule has 0 spiro atoms. The number of hydrogen-bond donors (Lipinski definition) is 1. The minimum absolute atomic E-state index is 0.249. The molecular formula is C15H11Cl2N3. The number of halogens is 2. The van der Waals surface area contributed by atoms with E-state index in [9.17, 15) is 5.26 Å². The highest BCUT2D eigenvalue weighted by Gasteiger charge is 2.25. The second-order valence-corrected chi connectivity index (χ2v) is 5.55. The van der Waals surface area contributed by atoms with E-state index in [-0.39, 0.29) is 5.82 Å². The minimum Gasteiger partial charge on any atom is -0.383 e. The van der Waals surface area contributed by atoms with Crippen molar-refractivity contribution in [3.8, 4) is 17.2 Å². The fraction of sp³-hybridized carbons (Fsp3) is 0.200. The molecule has 0 amide bonds. The highest BCUT2D eigenvalue weighted by molar-refractivity contribution is 6.39. The molecule has 1 aliphatic carbocycles. The summed E-state index contributed by atoms with van der Waals surface area (Å²) >= 11 is 12.6. The lowest BCUT2D eigenvalue weighted by atomic mass is 9.94. The van der Waals surface area contributed by atoms with E-state index in [4.69, 9.17) is 28.9 Å². The van der Waals surface area contributed by atoms with E-state index < -0.39 is 0 Å². The molecular weight excluding hydrogens is 293 g/mol. The summed E-state index contributed by atoms with van der Waals surface area (Å²) in [7, 11) is 0. The Hall–Kier alpha value is -1.76. The number of nitrogens with zero attached hydrogens (tertiary/aromatic N) is 2. The van der Waals surface area contributed by atoms with Gasteiger partial charge in [0.15, 0.2) is 0 Å². The van der Waals surface area contributed by atoms with Crippen LogP contribution in [0.4, 0.5) is 5.82 Å². The van der Waals surface area contributed by atoms with Gasteiger partial charge in [0.25, 0.3) is 0 Å². The number of aryl methyl sites for hydroxylation is 1. The minimum atomic E-state index is 0.249. The zero-order valence-electron chi connectivity index (χ0n) is 10.6. The molecule has 0 bridgehead atoms. The topological polar surface area (TPSA) is 62.7 Å². The largest absolute Gasteiger partial charge is 0.383 e. The first-order valence-corrected chi connectivity index (χ1v) is 7.04. The molecule has 2 N–H and O–H groups in total. The van der Waals surface area contributed by atoms with E-state index in [0.29, 0.717) is 21.2 Å². The number of rotatable bonds is 1. The summed E-state index contributed by atoms with van der Waals surface area (Å²) in [6, 6.07) is 7.46. The van der Waals surface area contributed by atoms with Crippen LogP contribution in [0.25, 0.3) is 11.1 Å². The Labute approximate surface area is 127 Å². The summed E-state index contributed by atoms with van der Waals surface area (Å²) < 4.78 is 0. The average molecular weight is 304 g/mol. The molecule has 2 aromatic rings. The third kappa shape index (κ3) is 1.93. The van der Waals surface area contributed by atoms with E-state index in [1.54, 1.807) is 18.2 Å². The van der Waals surface area contributed by atoms with E-state index in [0.717, 1.165) is 36.1 Å². The summed E-state index contributed by atoms with van der Waals surface area (Å²) in [5.74, 6) is 0.249. The van der Waals surface area contributed by atoms with Gasteiger partial charge in [-0.2, -0.15) is 5.26 Å². The lowest BCUT2D eigenvalue weighted by Crippen LogP contribution is -2.04. The number of nitrogen functional groups attached to an aromatic ring is 1. The molecule has 5 heteroatoms. The Morgan fingerprint density at radius 3 is 2.50 bits per heavy atom. The van der Waals surface area contributed by atoms with Crippen molar-refractivity contribution in [2.45, 2.75) is 19.3 Å². The van der Waals surface area contributed by atoms with Gasteiger partial charge in [0.05, 0.1) is 0 Å². The third-order valence-electron chi connectivity index (χ3n) is 3.58. The van der Waals surface area contributed by atoms with Gasteiger partial charge in [-0.05, 0) is 37.0 Å². The average Bonchev–Trinajstić information content (AvgIpc) is 2.86. The van der Waals surface area contributed by atoms with Gasteiger partial charge >= 0.3 is 0 Å². The van der Waals surface area contributed by atoms with E-state index in [2.05, 4.69) is 11.1 Å². The lowest BCUT2D eigenvalue weighted by Gasteiger charge is -2.15. The number of nitrogens with two attached hydrogens (primary N) is 1. The van der Waals surface area contributed by atoms with Gasteiger partial charge in [0.2, 0.25) is 0 Å². The summed E-state index contributed by atoms with van der Waals surface area (Å²) in [4.78, 5) is 4.34. The Balaban J connectivity index is 2.42. The Bertz CT molecular complexity index is 727. The molecule has 1 aromatic carbocycles. The fourth-order valence-corrected chi connectivity index (χ4v) is 3.31.